The molecule has 2 aromatic carbocycles. The number of methoxy groups -OCH3 is 1. The SMILES string of the molecule is CCCN1CCC(NC(=O)c2c(NC(=O)c3cccc(N4CCCC4=O)c3)cccc2OC)CC1. The third-order valence-corrected chi connectivity index (χ3v) is 6.68. The van der Waals surface area contributed by atoms with Crippen LogP contribution in [0, 0.1) is 0 Å². The molecule has 2 saturated heterocycles. The van der Waals surface area contributed by atoms with E-state index in [-0.39, 0.29) is 23.8 Å². The summed E-state index contributed by atoms with van der Waals surface area (Å²) < 4.78 is 5.47. The average molecular weight is 479 g/mol. The lowest BCUT2D eigenvalue weighted by Crippen LogP contribution is -2.45. The monoisotopic (exact) mass is 478 g/mol. The molecule has 2 heterocycles. The molecule has 3 amide bonds. The molecule has 0 atom stereocenters. The molecule has 0 spiro atoms. The Morgan fingerprint density at radius 2 is 1.83 bits per heavy atom. The summed E-state index contributed by atoms with van der Waals surface area (Å²) in [7, 11) is 1.51. The first-order valence-electron chi connectivity index (χ1n) is 12.4. The van der Waals surface area contributed by atoms with Gasteiger partial charge in [0, 0.05) is 43.3 Å². The van der Waals surface area contributed by atoms with E-state index in [1.54, 1.807) is 41.3 Å². The number of nitrogens with one attached hydrogen (secondary N) is 2. The van der Waals surface area contributed by atoms with Gasteiger partial charge in [-0.15, -0.1) is 0 Å². The zero-order chi connectivity index (χ0) is 24.8. The number of hydrogen-bond donors (Lipinski definition) is 2. The van der Waals surface area contributed by atoms with Gasteiger partial charge >= 0.3 is 0 Å². The van der Waals surface area contributed by atoms with Crippen molar-refractivity contribution in [3.05, 3.63) is 53.6 Å². The number of amides is 3. The Balaban J connectivity index is 1.49. The summed E-state index contributed by atoms with van der Waals surface area (Å²) in [6.07, 6.45) is 4.25. The molecule has 2 aliphatic rings. The van der Waals surface area contributed by atoms with Crippen LogP contribution in [0.3, 0.4) is 0 Å². The quantitative estimate of drug-likeness (QED) is 0.604. The third kappa shape index (κ3) is 5.82. The van der Waals surface area contributed by atoms with Crippen molar-refractivity contribution in [2.24, 2.45) is 0 Å². The van der Waals surface area contributed by atoms with E-state index < -0.39 is 0 Å². The van der Waals surface area contributed by atoms with Crippen LogP contribution >= 0.6 is 0 Å². The van der Waals surface area contributed by atoms with Crippen LogP contribution < -0.4 is 20.3 Å². The molecular weight excluding hydrogens is 444 g/mol. The number of hydrogen-bond acceptors (Lipinski definition) is 5. The second kappa shape index (κ2) is 11.4. The summed E-state index contributed by atoms with van der Waals surface area (Å²) >= 11 is 0. The van der Waals surface area contributed by atoms with E-state index in [9.17, 15) is 14.4 Å². The maximum absolute atomic E-state index is 13.3. The molecule has 8 nitrogen and oxygen atoms in total. The van der Waals surface area contributed by atoms with Gasteiger partial charge in [0.25, 0.3) is 11.8 Å². The molecule has 0 aliphatic carbocycles. The van der Waals surface area contributed by atoms with Crippen molar-refractivity contribution in [2.45, 2.75) is 45.1 Å². The molecule has 35 heavy (non-hydrogen) atoms. The van der Waals surface area contributed by atoms with Gasteiger partial charge in [-0.3, -0.25) is 14.4 Å². The maximum atomic E-state index is 13.3. The van der Waals surface area contributed by atoms with Crippen molar-refractivity contribution >= 4 is 29.1 Å². The number of carbonyl (C=O) groups is 3. The molecule has 2 aromatic rings. The smallest absolute Gasteiger partial charge is 0.257 e. The Bertz CT molecular complexity index is 1080. The molecular formula is C27H34N4O4. The van der Waals surface area contributed by atoms with E-state index in [0.29, 0.717) is 41.2 Å². The van der Waals surface area contributed by atoms with Gasteiger partial charge in [0.2, 0.25) is 5.91 Å². The minimum Gasteiger partial charge on any atom is -0.496 e. The minimum absolute atomic E-state index is 0.0647. The lowest BCUT2D eigenvalue weighted by atomic mass is 10.0. The molecule has 2 N–H and O–H groups in total. The molecule has 0 unspecified atom stereocenters. The summed E-state index contributed by atoms with van der Waals surface area (Å²) in [5, 5.41) is 6.02. The first-order chi connectivity index (χ1) is 17.0. The molecule has 2 aliphatic heterocycles. The number of likely N-dealkylation sites (tertiary alicyclic amines) is 1. The predicted molar refractivity (Wildman–Crippen MR) is 136 cm³/mol. The van der Waals surface area contributed by atoms with Gasteiger partial charge < -0.3 is 25.2 Å². The summed E-state index contributed by atoms with van der Waals surface area (Å²) in [6, 6.07) is 12.2. The Morgan fingerprint density at radius 3 is 2.51 bits per heavy atom. The topological polar surface area (TPSA) is 91.0 Å². The third-order valence-electron chi connectivity index (χ3n) is 6.68. The van der Waals surface area contributed by atoms with E-state index in [4.69, 9.17) is 4.74 Å². The standard InChI is InChI=1S/C27H34N4O4/c1-3-14-30-16-12-20(13-17-30)28-27(34)25-22(9-5-10-23(25)35-2)29-26(33)19-7-4-8-21(18-19)31-15-6-11-24(31)32/h4-5,7-10,18,20H,3,6,11-17H2,1-2H3,(H,28,34)(H,29,33). The van der Waals surface area contributed by atoms with Crippen LogP contribution in [0.4, 0.5) is 11.4 Å². The summed E-state index contributed by atoms with van der Waals surface area (Å²) in [5.41, 5.74) is 1.82. The molecule has 4 rings (SSSR count). The second-order valence-corrected chi connectivity index (χ2v) is 9.13. The van der Waals surface area contributed by atoms with Gasteiger partial charge in [0.1, 0.15) is 11.3 Å². The van der Waals surface area contributed by atoms with Crippen molar-refractivity contribution < 1.29 is 19.1 Å². The summed E-state index contributed by atoms with van der Waals surface area (Å²) in [6.45, 7) is 5.83. The van der Waals surface area contributed by atoms with Crippen LogP contribution in [-0.4, -0.2) is 62.0 Å². The lowest BCUT2D eigenvalue weighted by Gasteiger charge is -2.32. The number of anilines is 2. The Morgan fingerprint density at radius 1 is 1.06 bits per heavy atom. The highest BCUT2D eigenvalue weighted by Gasteiger charge is 2.25. The van der Waals surface area contributed by atoms with E-state index in [1.807, 2.05) is 6.07 Å². The predicted octanol–water partition coefficient (Wildman–Crippen LogP) is 3.68. The molecule has 186 valence electrons. The van der Waals surface area contributed by atoms with Crippen LogP contribution in [0.15, 0.2) is 42.5 Å². The van der Waals surface area contributed by atoms with Gasteiger partial charge in [0.05, 0.1) is 12.8 Å². The van der Waals surface area contributed by atoms with Crippen LogP contribution in [-0.2, 0) is 4.79 Å². The molecule has 0 saturated carbocycles. The van der Waals surface area contributed by atoms with Crippen molar-refractivity contribution in [3.8, 4) is 5.75 Å². The van der Waals surface area contributed by atoms with Gasteiger partial charge in [0.15, 0.2) is 0 Å². The number of rotatable bonds is 8. The maximum Gasteiger partial charge on any atom is 0.257 e. The first-order valence-corrected chi connectivity index (χ1v) is 12.4. The van der Waals surface area contributed by atoms with Gasteiger partial charge in [-0.25, -0.2) is 0 Å². The highest BCUT2D eigenvalue weighted by Crippen LogP contribution is 2.28. The Hall–Kier alpha value is -3.39. The summed E-state index contributed by atoms with van der Waals surface area (Å²) in [4.78, 5) is 42.7. The fraction of sp³-hybridized carbons (Fsp3) is 0.444. The number of carbonyl (C=O) groups excluding carboxylic acids is 3. The Labute approximate surface area is 206 Å². The molecule has 0 radical (unpaired) electrons. The molecule has 0 bridgehead atoms. The average Bonchev–Trinajstić information content (AvgIpc) is 3.31. The van der Waals surface area contributed by atoms with Crippen molar-refractivity contribution in [1.29, 1.82) is 0 Å². The minimum atomic E-state index is -0.353. The fourth-order valence-corrected chi connectivity index (χ4v) is 4.84. The van der Waals surface area contributed by atoms with Crippen molar-refractivity contribution in [3.63, 3.8) is 0 Å². The van der Waals surface area contributed by atoms with Crippen LogP contribution in [0.2, 0.25) is 0 Å². The lowest BCUT2D eigenvalue weighted by molar-refractivity contribution is -0.117. The second-order valence-electron chi connectivity index (χ2n) is 9.13. The fourth-order valence-electron chi connectivity index (χ4n) is 4.84. The van der Waals surface area contributed by atoms with E-state index in [1.165, 1.54) is 7.11 Å². The van der Waals surface area contributed by atoms with Crippen molar-refractivity contribution in [1.82, 2.24) is 10.2 Å². The Kier molecular flexibility index (Phi) is 8.02. The highest BCUT2D eigenvalue weighted by molar-refractivity contribution is 6.10. The molecule has 2 fully saturated rings. The van der Waals surface area contributed by atoms with Gasteiger partial charge in [-0.2, -0.15) is 0 Å². The molecule has 8 heteroatoms. The zero-order valence-corrected chi connectivity index (χ0v) is 20.5. The highest BCUT2D eigenvalue weighted by atomic mass is 16.5. The number of ether oxygens (including phenoxy) is 1. The largest absolute Gasteiger partial charge is 0.496 e. The van der Waals surface area contributed by atoms with Crippen LogP contribution in [0.1, 0.15) is 59.7 Å². The summed E-state index contributed by atoms with van der Waals surface area (Å²) in [5.74, 6) is -0.147. The van der Waals surface area contributed by atoms with E-state index in [2.05, 4.69) is 22.5 Å². The zero-order valence-electron chi connectivity index (χ0n) is 20.5. The van der Waals surface area contributed by atoms with E-state index in [0.717, 1.165) is 45.3 Å². The number of benzene rings is 2. The number of piperidine rings is 1. The molecule has 0 aromatic heterocycles. The normalized spacial score (nSPS) is 16.9. The van der Waals surface area contributed by atoms with E-state index >= 15 is 0 Å². The van der Waals surface area contributed by atoms with Crippen molar-refractivity contribution in [2.75, 3.05) is 43.5 Å². The first kappa shape index (κ1) is 24.7. The van der Waals surface area contributed by atoms with Crippen LogP contribution in [0.5, 0.6) is 5.75 Å². The van der Waals surface area contributed by atoms with Crippen LogP contribution in [0.25, 0.3) is 0 Å². The van der Waals surface area contributed by atoms with Gasteiger partial charge in [-0.05, 0) is 62.6 Å². The number of nitrogens with zero attached hydrogens (tertiary/aromatic N) is 2. The van der Waals surface area contributed by atoms with Gasteiger partial charge in [-0.1, -0.05) is 19.1 Å².